The summed E-state index contributed by atoms with van der Waals surface area (Å²) in [5.74, 6) is 0.346. The lowest BCUT2D eigenvalue weighted by atomic mass is 9.89. The highest BCUT2D eigenvalue weighted by Crippen LogP contribution is 2.17. The lowest BCUT2D eigenvalue weighted by Gasteiger charge is -2.37. The van der Waals surface area contributed by atoms with Crippen LogP contribution >= 0.6 is 0 Å². The van der Waals surface area contributed by atoms with E-state index in [0.29, 0.717) is 0 Å². The van der Waals surface area contributed by atoms with E-state index in [2.05, 4.69) is 31.4 Å². The summed E-state index contributed by atoms with van der Waals surface area (Å²) in [6.07, 6.45) is 0.921. The van der Waals surface area contributed by atoms with Gasteiger partial charge in [0.2, 0.25) is 5.91 Å². The number of nitrogens with zero attached hydrogens (tertiary/aromatic N) is 1. The van der Waals surface area contributed by atoms with Crippen molar-refractivity contribution in [1.82, 2.24) is 15.5 Å². The van der Waals surface area contributed by atoms with E-state index < -0.39 is 0 Å². The molecule has 1 rings (SSSR count). The van der Waals surface area contributed by atoms with Crippen molar-refractivity contribution in [2.75, 3.05) is 27.2 Å². The third kappa shape index (κ3) is 3.76. The second-order valence-electron chi connectivity index (χ2n) is 5.83. The Hall–Kier alpha value is -0.610. The van der Waals surface area contributed by atoms with Gasteiger partial charge < -0.3 is 15.5 Å². The average Bonchev–Trinajstić information content (AvgIpc) is 2.15. The summed E-state index contributed by atoms with van der Waals surface area (Å²) in [4.78, 5) is 13.8. The fraction of sp³-hybridized carbons (Fsp3) is 0.917. The van der Waals surface area contributed by atoms with E-state index in [0.717, 1.165) is 19.5 Å². The summed E-state index contributed by atoms with van der Waals surface area (Å²) >= 11 is 0. The van der Waals surface area contributed by atoms with Crippen LogP contribution in [0, 0.1) is 5.92 Å². The van der Waals surface area contributed by atoms with Gasteiger partial charge in [0, 0.05) is 32.2 Å². The molecule has 1 saturated heterocycles. The molecule has 4 heteroatoms. The highest BCUT2D eigenvalue weighted by Gasteiger charge is 2.33. The number of hydrogen-bond donors (Lipinski definition) is 2. The van der Waals surface area contributed by atoms with E-state index in [1.54, 1.807) is 4.90 Å². The van der Waals surface area contributed by atoms with Crippen LogP contribution in [0.2, 0.25) is 0 Å². The molecule has 1 aliphatic rings. The van der Waals surface area contributed by atoms with Crippen LogP contribution in [0.3, 0.4) is 0 Å². The highest BCUT2D eigenvalue weighted by atomic mass is 16.2. The molecule has 1 heterocycles. The minimum Gasteiger partial charge on any atom is -0.349 e. The first-order valence-corrected chi connectivity index (χ1v) is 6.01. The molecule has 16 heavy (non-hydrogen) atoms. The van der Waals surface area contributed by atoms with Gasteiger partial charge in [0.05, 0.1) is 5.92 Å². The maximum atomic E-state index is 12.1. The standard InChI is InChI=1S/C12H25N3O/c1-12(2,3)14-10-8-13-7-6-9(10)11(16)15(4)5/h9-10,13-14H,6-8H2,1-5H3. The number of nitrogens with one attached hydrogen (secondary N) is 2. The highest BCUT2D eigenvalue weighted by molar-refractivity contribution is 5.79. The van der Waals surface area contributed by atoms with E-state index >= 15 is 0 Å². The molecule has 1 fully saturated rings. The van der Waals surface area contributed by atoms with Gasteiger partial charge in [-0.15, -0.1) is 0 Å². The van der Waals surface area contributed by atoms with Gasteiger partial charge >= 0.3 is 0 Å². The molecule has 94 valence electrons. The van der Waals surface area contributed by atoms with Crippen molar-refractivity contribution < 1.29 is 4.79 Å². The third-order valence-electron chi connectivity index (χ3n) is 2.86. The third-order valence-corrected chi connectivity index (χ3v) is 2.86. The summed E-state index contributed by atoms with van der Waals surface area (Å²) in [5, 5.41) is 6.88. The Morgan fingerprint density at radius 3 is 2.50 bits per heavy atom. The summed E-state index contributed by atoms with van der Waals surface area (Å²) < 4.78 is 0. The molecule has 1 aliphatic heterocycles. The van der Waals surface area contributed by atoms with Crippen molar-refractivity contribution in [3.8, 4) is 0 Å². The molecule has 1 amide bonds. The molecule has 0 aliphatic carbocycles. The Bertz CT molecular complexity index is 245. The minimum absolute atomic E-state index is 0.0501. The number of hydrogen-bond acceptors (Lipinski definition) is 3. The molecular formula is C12H25N3O. The van der Waals surface area contributed by atoms with Gasteiger partial charge in [0.25, 0.3) is 0 Å². The van der Waals surface area contributed by atoms with Crippen molar-refractivity contribution in [2.24, 2.45) is 5.92 Å². The Morgan fingerprint density at radius 1 is 1.38 bits per heavy atom. The Kier molecular flexibility index (Phi) is 4.33. The number of amides is 1. The second-order valence-corrected chi connectivity index (χ2v) is 5.83. The molecule has 0 radical (unpaired) electrons. The zero-order chi connectivity index (χ0) is 12.3. The molecular weight excluding hydrogens is 202 g/mol. The van der Waals surface area contributed by atoms with Crippen LogP contribution in [0.1, 0.15) is 27.2 Å². The van der Waals surface area contributed by atoms with Crippen molar-refractivity contribution in [2.45, 2.75) is 38.8 Å². The van der Waals surface area contributed by atoms with E-state index in [1.807, 2.05) is 14.1 Å². The maximum absolute atomic E-state index is 12.1. The van der Waals surface area contributed by atoms with Crippen LogP contribution in [0.15, 0.2) is 0 Å². The van der Waals surface area contributed by atoms with Crippen LogP contribution in [0.5, 0.6) is 0 Å². The average molecular weight is 227 g/mol. The van der Waals surface area contributed by atoms with E-state index in [9.17, 15) is 4.79 Å². The predicted octanol–water partition coefficient (Wildman–Crippen LogP) is 0.441. The Labute approximate surface area is 98.8 Å². The molecule has 0 bridgehead atoms. The maximum Gasteiger partial charge on any atom is 0.226 e. The molecule has 2 atom stereocenters. The molecule has 0 aromatic rings. The summed E-state index contributed by atoms with van der Waals surface area (Å²) in [5.41, 5.74) is 0.0501. The van der Waals surface area contributed by atoms with Gasteiger partial charge in [-0.05, 0) is 33.7 Å². The number of carbonyl (C=O) groups is 1. The van der Waals surface area contributed by atoms with Crippen molar-refractivity contribution in [3.63, 3.8) is 0 Å². The quantitative estimate of drug-likeness (QED) is 0.719. The van der Waals surface area contributed by atoms with Gasteiger partial charge in [-0.25, -0.2) is 0 Å². The number of carbonyl (C=O) groups excluding carboxylic acids is 1. The molecule has 2 unspecified atom stereocenters. The summed E-state index contributed by atoms with van der Waals surface area (Å²) in [6, 6.07) is 0.239. The molecule has 2 N–H and O–H groups in total. The van der Waals surface area contributed by atoms with Crippen LogP contribution in [0.4, 0.5) is 0 Å². The monoisotopic (exact) mass is 227 g/mol. The minimum atomic E-state index is 0.0501. The van der Waals surface area contributed by atoms with Gasteiger partial charge in [-0.1, -0.05) is 0 Å². The molecule has 0 aromatic heterocycles. The van der Waals surface area contributed by atoms with Crippen LogP contribution in [-0.2, 0) is 4.79 Å². The van der Waals surface area contributed by atoms with Gasteiger partial charge in [-0.3, -0.25) is 4.79 Å². The zero-order valence-electron chi connectivity index (χ0n) is 11.1. The van der Waals surface area contributed by atoms with Gasteiger partial charge in [-0.2, -0.15) is 0 Å². The van der Waals surface area contributed by atoms with E-state index in [4.69, 9.17) is 0 Å². The first-order chi connectivity index (χ1) is 7.31. The Morgan fingerprint density at radius 2 is 2.00 bits per heavy atom. The number of piperidine rings is 1. The van der Waals surface area contributed by atoms with Crippen LogP contribution < -0.4 is 10.6 Å². The number of rotatable bonds is 2. The van der Waals surface area contributed by atoms with Gasteiger partial charge in [0.15, 0.2) is 0 Å². The molecule has 0 saturated carbocycles. The summed E-state index contributed by atoms with van der Waals surface area (Å²) in [7, 11) is 3.66. The van der Waals surface area contributed by atoms with E-state index in [1.165, 1.54) is 0 Å². The topological polar surface area (TPSA) is 44.4 Å². The summed E-state index contributed by atoms with van der Waals surface area (Å²) in [6.45, 7) is 8.23. The largest absolute Gasteiger partial charge is 0.349 e. The van der Waals surface area contributed by atoms with Gasteiger partial charge in [0.1, 0.15) is 0 Å². The fourth-order valence-electron chi connectivity index (χ4n) is 2.19. The molecule has 4 nitrogen and oxygen atoms in total. The second kappa shape index (κ2) is 5.15. The predicted molar refractivity (Wildman–Crippen MR) is 66.3 cm³/mol. The van der Waals surface area contributed by atoms with E-state index in [-0.39, 0.29) is 23.4 Å². The van der Waals surface area contributed by atoms with Crippen LogP contribution in [0.25, 0.3) is 0 Å². The SMILES string of the molecule is CN(C)C(=O)C1CCNCC1NC(C)(C)C. The molecule has 0 spiro atoms. The van der Waals surface area contributed by atoms with Crippen molar-refractivity contribution in [3.05, 3.63) is 0 Å². The first-order valence-electron chi connectivity index (χ1n) is 6.01. The molecule has 0 aromatic carbocycles. The van der Waals surface area contributed by atoms with Crippen LogP contribution in [-0.4, -0.2) is 49.6 Å². The lowest BCUT2D eigenvalue weighted by Crippen LogP contribution is -2.58. The fourth-order valence-corrected chi connectivity index (χ4v) is 2.19. The lowest BCUT2D eigenvalue weighted by molar-refractivity contribution is -0.134. The first kappa shape index (κ1) is 13.5. The smallest absolute Gasteiger partial charge is 0.226 e. The Balaban J connectivity index is 2.68. The normalized spacial score (nSPS) is 26.6. The van der Waals surface area contributed by atoms with Crippen molar-refractivity contribution in [1.29, 1.82) is 0 Å². The van der Waals surface area contributed by atoms with Crippen molar-refractivity contribution >= 4 is 5.91 Å². The zero-order valence-corrected chi connectivity index (χ0v) is 11.1.